The van der Waals surface area contributed by atoms with Gasteiger partial charge < -0.3 is 9.79 Å². The molecule has 1 aromatic rings. The Hall–Kier alpha value is -0.880. The van der Waals surface area contributed by atoms with Gasteiger partial charge in [-0.2, -0.15) is 0 Å². The highest BCUT2D eigenvalue weighted by Crippen LogP contribution is 2.39. The van der Waals surface area contributed by atoms with Gasteiger partial charge >= 0.3 is 7.60 Å². The van der Waals surface area contributed by atoms with Crippen LogP contribution < -0.4 is 4.72 Å². The highest BCUT2D eigenvalue weighted by molar-refractivity contribution is 7.92. The number of hydrogen-bond acceptors (Lipinski definition) is 3. The number of nitrogens with one attached hydrogen (secondary N) is 1. The molecule has 0 aromatic heterocycles. The molecule has 8 heteroatoms. The van der Waals surface area contributed by atoms with Crippen LogP contribution in [-0.2, 0) is 20.8 Å². The Morgan fingerprint density at radius 1 is 0.958 bits per heavy atom. The van der Waals surface area contributed by atoms with Gasteiger partial charge in [0.2, 0.25) is 10.0 Å². The van der Waals surface area contributed by atoms with Gasteiger partial charge in [-0.15, -0.1) is 0 Å². The van der Waals surface area contributed by atoms with Crippen molar-refractivity contribution >= 4 is 23.3 Å². The normalized spacial score (nSPS) is 12.3. The predicted octanol–water partition coefficient (Wildman–Crippen LogP) is 3.86. The van der Waals surface area contributed by atoms with Gasteiger partial charge in [-0.1, -0.05) is 57.6 Å². The fourth-order valence-electron chi connectivity index (χ4n) is 2.40. The summed E-state index contributed by atoms with van der Waals surface area (Å²) in [5, 5.41) is 0. The van der Waals surface area contributed by atoms with Crippen LogP contribution in [0.15, 0.2) is 24.3 Å². The molecule has 0 spiro atoms. The fraction of sp³-hybridized carbons (Fsp3) is 0.625. The summed E-state index contributed by atoms with van der Waals surface area (Å²) in [6, 6.07) is 6.08. The number of sulfonamides is 1. The molecular formula is C16H28NO5PS. The van der Waals surface area contributed by atoms with Crippen molar-refractivity contribution in [2.24, 2.45) is 0 Å². The SMILES string of the molecule is CCCCCCCCCS(=O)(=O)Nc1ccc(CP(=O)(O)O)cc1. The molecule has 0 radical (unpaired) electrons. The average molecular weight is 377 g/mol. The first kappa shape index (κ1) is 21.2. The monoisotopic (exact) mass is 377 g/mol. The van der Waals surface area contributed by atoms with E-state index in [1.54, 1.807) is 0 Å². The lowest BCUT2D eigenvalue weighted by atomic mass is 10.1. The van der Waals surface area contributed by atoms with E-state index in [2.05, 4.69) is 11.6 Å². The zero-order valence-corrected chi connectivity index (χ0v) is 15.9. The molecule has 0 bridgehead atoms. The third kappa shape index (κ3) is 10.1. The number of unbranched alkanes of at least 4 members (excludes halogenated alkanes) is 6. The Balaban J connectivity index is 2.37. The molecule has 0 heterocycles. The summed E-state index contributed by atoms with van der Waals surface area (Å²) >= 11 is 0. The van der Waals surface area contributed by atoms with Crippen molar-refractivity contribution in [1.82, 2.24) is 0 Å². The van der Waals surface area contributed by atoms with Crippen LogP contribution >= 0.6 is 7.60 Å². The summed E-state index contributed by atoms with van der Waals surface area (Å²) in [5.41, 5.74) is 0.880. The van der Waals surface area contributed by atoms with Crippen molar-refractivity contribution in [3.05, 3.63) is 29.8 Å². The highest BCUT2D eigenvalue weighted by atomic mass is 32.2. The van der Waals surface area contributed by atoms with Gasteiger partial charge in [-0.3, -0.25) is 9.29 Å². The lowest BCUT2D eigenvalue weighted by Gasteiger charge is -2.09. The standard InChI is InChI=1S/C16H28NO5PS/c1-2-3-4-5-6-7-8-13-24(21,22)17-16-11-9-15(10-12-16)14-23(18,19)20/h9-12,17H,2-8,13-14H2,1H3,(H2,18,19,20). The molecule has 0 amide bonds. The van der Waals surface area contributed by atoms with Crippen LogP contribution in [0, 0.1) is 0 Å². The van der Waals surface area contributed by atoms with E-state index >= 15 is 0 Å². The van der Waals surface area contributed by atoms with Crippen molar-refractivity contribution in [2.75, 3.05) is 10.5 Å². The van der Waals surface area contributed by atoms with E-state index < -0.39 is 17.6 Å². The van der Waals surface area contributed by atoms with Crippen LogP contribution in [-0.4, -0.2) is 24.0 Å². The molecule has 0 saturated heterocycles. The molecule has 138 valence electrons. The molecule has 0 atom stereocenters. The molecule has 1 rings (SSSR count). The first-order valence-corrected chi connectivity index (χ1v) is 11.8. The molecule has 1 aromatic carbocycles. The summed E-state index contributed by atoms with van der Waals surface area (Å²) in [7, 11) is -7.49. The minimum atomic E-state index is -4.11. The molecule has 0 aliphatic carbocycles. The number of rotatable bonds is 12. The van der Waals surface area contributed by atoms with Crippen LogP contribution in [0.5, 0.6) is 0 Å². The third-order valence-corrected chi connectivity index (χ3v) is 5.78. The zero-order chi connectivity index (χ0) is 18.1. The van der Waals surface area contributed by atoms with E-state index in [1.165, 1.54) is 43.5 Å². The molecular weight excluding hydrogens is 349 g/mol. The Kier molecular flexibility index (Phi) is 8.98. The molecule has 24 heavy (non-hydrogen) atoms. The van der Waals surface area contributed by atoms with Gasteiger partial charge in [0.05, 0.1) is 11.9 Å². The molecule has 3 N–H and O–H groups in total. The van der Waals surface area contributed by atoms with E-state index in [9.17, 15) is 13.0 Å². The van der Waals surface area contributed by atoms with Crippen molar-refractivity contribution in [1.29, 1.82) is 0 Å². The van der Waals surface area contributed by atoms with Crippen LogP contribution in [0.4, 0.5) is 5.69 Å². The summed E-state index contributed by atoms with van der Waals surface area (Å²) in [6.45, 7) is 2.16. The maximum Gasteiger partial charge on any atom is 0.329 e. The zero-order valence-electron chi connectivity index (χ0n) is 14.1. The number of benzene rings is 1. The average Bonchev–Trinajstić information content (AvgIpc) is 2.46. The molecule has 0 aliphatic rings. The smallest absolute Gasteiger partial charge is 0.324 e. The van der Waals surface area contributed by atoms with Crippen LogP contribution in [0.1, 0.15) is 57.4 Å². The van der Waals surface area contributed by atoms with Crippen LogP contribution in [0.3, 0.4) is 0 Å². The largest absolute Gasteiger partial charge is 0.329 e. The van der Waals surface area contributed by atoms with Crippen molar-refractivity contribution < 1.29 is 22.8 Å². The summed E-state index contributed by atoms with van der Waals surface area (Å²) in [5.74, 6) is 0.0883. The quantitative estimate of drug-likeness (QED) is 0.379. The predicted molar refractivity (Wildman–Crippen MR) is 97.6 cm³/mol. The van der Waals surface area contributed by atoms with E-state index in [4.69, 9.17) is 9.79 Å². The highest BCUT2D eigenvalue weighted by Gasteiger charge is 2.14. The second kappa shape index (κ2) is 10.2. The van der Waals surface area contributed by atoms with E-state index in [0.29, 0.717) is 17.7 Å². The van der Waals surface area contributed by atoms with Gasteiger partial charge in [-0.05, 0) is 24.1 Å². The Morgan fingerprint density at radius 3 is 2.04 bits per heavy atom. The summed E-state index contributed by atoms with van der Waals surface area (Å²) in [6.07, 6.45) is 7.06. The second-order valence-corrected chi connectivity index (χ2v) is 9.55. The Morgan fingerprint density at radius 2 is 1.50 bits per heavy atom. The first-order chi connectivity index (χ1) is 11.2. The molecule has 0 saturated carbocycles. The third-order valence-electron chi connectivity index (χ3n) is 3.63. The van der Waals surface area contributed by atoms with Gasteiger partial charge in [0.15, 0.2) is 0 Å². The van der Waals surface area contributed by atoms with E-state index in [0.717, 1.165) is 19.3 Å². The van der Waals surface area contributed by atoms with Gasteiger partial charge in [0.1, 0.15) is 0 Å². The Bertz CT molecular complexity index is 624. The lowest BCUT2D eigenvalue weighted by molar-refractivity contribution is 0.371. The molecule has 0 aliphatic heterocycles. The van der Waals surface area contributed by atoms with E-state index in [-0.39, 0.29) is 11.9 Å². The maximum atomic E-state index is 12.0. The second-order valence-electron chi connectivity index (χ2n) is 6.06. The topological polar surface area (TPSA) is 104 Å². The summed E-state index contributed by atoms with van der Waals surface area (Å²) < 4.78 is 37.5. The van der Waals surface area contributed by atoms with Crippen molar-refractivity contribution in [3.63, 3.8) is 0 Å². The maximum absolute atomic E-state index is 12.0. The van der Waals surface area contributed by atoms with Crippen molar-refractivity contribution in [2.45, 2.75) is 58.0 Å². The minimum absolute atomic E-state index is 0.0883. The van der Waals surface area contributed by atoms with Crippen LogP contribution in [0.2, 0.25) is 0 Å². The van der Waals surface area contributed by atoms with Crippen molar-refractivity contribution in [3.8, 4) is 0 Å². The van der Waals surface area contributed by atoms with Gasteiger partial charge in [-0.25, -0.2) is 8.42 Å². The van der Waals surface area contributed by atoms with Gasteiger partial charge in [0, 0.05) is 5.69 Å². The van der Waals surface area contributed by atoms with E-state index in [1.807, 2.05) is 0 Å². The van der Waals surface area contributed by atoms with Gasteiger partial charge in [0.25, 0.3) is 0 Å². The number of hydrogen-bond donors (Lipinski definition) is 3. The fourth-order valence-corrected chi connectivity index (χ4v) is 4.26. The molecule has 6 nitrogen and oxygen atoms in total. The summed E-state index contributed by atoms with van der Waals surface area (Å²) in [4.78, 5) is 17.8. The number of anilines is 1. The molecule has 0 unspecified atom stereocenters. The minimum Gasteiger partial charge on any atom is -0.324 e. The van der Waals surface area contributed by atoms with Crippen LogP contribution in [0.25, 0.3) is 0 Å². The Labute approximate surface area is 144 Å². The first-order valence-electron chi connectivity index (χ1n) is 8.36. The lowest BCUT2D eigenvalue weighted by Crippen LogP contribution is -2.16. The molecule has 0 fully saturated rings.